The SMILES string of the molecule is CCNC(c1ccc(C(F)(F)F)c(F)c1)C1CCC(C)O1. The maximum atomic E-state index is 13.7. The Labute approximate surface area is 121 Å². The first kappa shape index (κ1) is 16.2. The van der Waals surface area contributed by atoms with Gasteiger partial charge in [-0.3, -0.25) is 0 Å². The second-order valence-corrected chi connectivity index (χ2v) is 5.33. The molecule has 3 atom stereocenters. The first-order valence-corrected chi connectivity index (χ1v) is 7.08. The number of halogens is 4. The molecule has 21 heavy (non-hydrogen) atoms. The van der Waals surface area contributed by atoms with Crippen molar-refractivity contribution < 1.29 is 22.3 Å². The molecule has 1 saturated heterocycles. The van der Waals surface area contributed by atoms with Crippen molar-refractivity contribution in [3.05, 3.63) is 35.1 Å². The number of rotatable bonds is 4. The van der Waals surface area contributed by atoms with Crippen molar-refractivity contribution >= 4 is 0 Å². The molecule has 1 fully saturated rings. The Kier molecular flexibility index (Phi) is 4.88. The summed E-state index contributed by atoms with van der Waals surface area (Å²) < 4.78 is 57.3. The predicted octanol–water partition coefficient (Wildman–Crippen LogP) is 4.06. The second kappa shape index (κ2) is 6.32. The lowest BCUT2D eigenvalue weighted by atomic mass is 9.97. The minimum Gasteiger partial charge on any atom is -0.373 e. The monoisotopic (exact) mass is 305 g/mol. The van der Waals surface area contributed by atoms with Gasteiger partial charge in [-0.1, -0.05) is 13.0 Å². The van der Waals surface area contributed by atoms with Gasteiger partial charge in [0.15, 0.2) is 0 Å². The van der Waals surface area contributed by atoms with E-state index in [4.69, 9.17) is 4.74 Å². The van der Waals surface area contributed by atoms with Crippen molar-refractivity contribution in [1.29, 1.82) is 0 Å². The highest BCUT2D eigenvalue weighted by Gasteiger charge is 2.35. The van der Waals surface area contributed by atoms with Crippen LogP contribution in [0.15, 0.2) is 18.2 Å². The highest BCUT2D eigenvalue weighted by molar-refractivity contribution is 5.29. The standard InChI is InChI=1S/C15H19F4NO/c1-3-20-14(13-7-4-9(2)21-13)10-5-6-11(12(16)8-10)15(17,18)19/h5-6,8-9,13-14,20H,3-4,7H2,1-2H3. The number of ether oxygens (including phenoxy) is 1. The molecule has 3 unspecified atom stereocenters. The van der Waals surface area contributed by atoms with Crippen molar-refractivity contribution in [2.45, 2.75) is 51.1 Å². The van der Waals surface area contributed by atoms with Crippen LogP contribution < -0.4 is 5.32 Å². The average molecular weight is 305 g/mol. The molecule has 1 aliphatic rings. The number of hydrogen-bond acceptors (Lipinski definition) is 2. The Morgan fingerprint density at radius 2 is 2.05 bits per heavy atom. The molecular weight excluding hydrogens is 286 g/mol. The molecule has 6 heteroatoms. The van der Waals surface area contributed by atoms with Crippen LogP contribution in [-0.4, -0.2) is 18.8 Å². The summed E-state index contributed by atoms with van der Waals surface area (Å²) in [4.78, 5) is 0. The maximum absolute atomic E-state index is 13.7. The predicted molar refractivity (Wildman–Crippen MR) is 71.4 cm³/mol. The topological polar surface area (TPSA) is 21.3 Å². The quantitative estimate of drug-likeness (QED) is 0.847. The van der Waals surface area contributed by atoms with Crippen molar-refractivity contribution in [3.8, 4) is 0 Å². The Bertz CT molecular complexity index is 489. The smallest absolute Gasteiger partial charge is 0.373 e. The van der Waals surface area contributed by atoms with Crippen LogP contribution in [0.5, 0.6) is 0 Å². The molecule has 0 bridgehead atoms. The van der Waals surface area contributed by atoms with Crippen molar-refractivity contribution in [2.75, 3.05) is 6.54 Å². The number of likely N-dealkylation sites (N-methyl/N-ethyl adjacent to an activating group) is 1. The lowest BCUT2D eigenvalue weighted by Gasteiger charge is -2.25. The first-order valence-electron chi connectivity index (χ1n) is 7.08. The maximum Gasteiger partial charge on any atom is 0.419 e. The van der Waals surface area contributed by atoms with Gasteiger partial charge in [0.2, 0.25) is 0 Å². The van der Waals surface area contributed by atoms with Crippen LogP contribution in [0, 0.1) is 5.82 Å². The van der Waals surface area contributed by atoms with Crippen molar-refractivity contribution in [1.82, 2.24) is 5.32 Å². The summed E-state index contributed by atoms with van der Waals surface area (Å²) in [5.74, 6) is -1.24. The lowest BCUT2D eigenvalue weighted by molar-refractivity contribution is -0.140. The van der Waals surface area contributed by atoms with Crippen LogP contribution in [0.25, 0.3) is 0 Å². The third-order valence-corrected chi connectivity index (χ3v) is 3.72. The summed E-state index contributed by atoms with van der Waals surface area (Å²) in [6.07, 6.45) is -2.99. The van der Waals surface area contributed by atoms with Crippen LogP contribution in [0.2, 0.25) is 0 Å². The summed E-state index contributed by atoms with van der Waals surface area (Å²) in [6, 6.07) is 2.79. The van der Waals surface area contributed by atoms with Crippen LogP contribution in [0.1, 0.15) is 43.9 Å². The molecular formula is C15H19F4NO. The Morgan fingerprint density at radius 1 is 1.33 bits per heavy atom. The molecule has 0 radical (unpaired) electrons. The Balaban J connectivity index is 2.27. The minimum absolute atomic E-state index is 0.121. The van der Waals surface area contributed by atoms with E-state index in [0.29, 0.717) is 12.1 Å². The summed E-state index contributed by atoms with van der Waals surface area (Å²) >= 11 is 0. The molecule has 2 rings (SSSR count). The molecule has 118 valence electrons. The largest absolute Gasteiger partial charge is 0.419 e. The van der Waals surface area contributed by atoms with Gasteiger partial charge in [-0.2, -0.15) is 13.2 Å². The molecule has 0 aromatic heterocycles. The molecule has 1 aromatic carbocycles. The molecule has 1 aliphatic heterocycles. The minimum atomic E-state index is -4.67. The Hall–Kier alpha value is -1.14. The van der Waals surface area contributed by atoms with Gasteiger partial charge in [-0.25, -0.2) is 4.39 Å². The van der Waals surface area contributed by atoms with Crippen LogP contribution in [0.3, 0.4) is 0 Å². The van der Waals surface area contributed by atoms with E-state index in [0.717, 1.165) is 25.0 Å². The van der Waals surface area contributed by atoms with Gasteiger partial charge in [-0.05, 0) is 44.0 Å². The summed E-state index contributed by atoms with van der Waals surface area (Å²) in [5, 5.41) is 3.17. The first-order chi connectivity index (χ1) is 9.82. The van der Waals surface area contributed by atoms with E-state index < -0.39 is 17.6 Å². The molecule has 1 aromatic rings. The molecule has 1 N–H and O–H groups in total. The number of alkyl halides is 3. The van der Waals surface area contributed by atoms with Gasteiger partial charge in [-0.15, -0.1) is 0 Å². The fourth-order valence-corrected chi connectivity index (χ4v) is 2.72. The zero-order chi connectivity index (χ0) is 15.6. The van der Waals surface area contributed by atoms with E-state index in [2.05, 4.69) is 5.32 Å². The number of hydrogen-bond donors (Lipinski definition) is 1. The van der Waals surface area contributed by atoms with E-state index >= 15 is 0 Å². The summed E-state index contributed by atoms with van der Waals surface area (Å²) in [5.41, 5.74) is -0.747. The zero-order valence-corrected chi connectivity index (χ0v) is 12.0. The van der Waals surface area contributed by atoms with E-state index in [1.807, 2.05) is 13.8 Å². The van der Waals surface area contributed by atoms with Gasteiger partial charge in [0.05, 0.1) is 23.8 Å². The normalized spacial score (nSPS) is 24.3. The van der Waals surface area contributed by atoms with Gasteiger partial charge < -0.3 is 10.1 Å². The van der Waals surface area contributed by atoms with Gasteiger partial charge >= 0.3 is 6.18 Å². The van der Waals surface area contributed by atoms with E-state index in [9.17, 15) is 17.6 Å². The fourth-order valence-electron chi connectivity index (χ4n) is 2.72. The number of benzene rings is 1. The van der Waals surface area contributed by atoms with Gasteiger partial charge in [0, 0.05) is 0 Å². The zero-order valence-electron chi connectivity index (χ0n) is 12.0. The van der Waals surface area contributed by atoms with Crippen LogP contribution >= 0.6 is 0 Å². The molecule has 1 heterocycles. The van der Waals surface area contributed by atoms with Gasteiger partial charge in [0.1, 0.15) is 5.82 Å². The molecule has 2 nitrogen and oxygen atoms in total. The molecule has 0 saturated carbocycles. The van der Waals surface area contributed by atoms with E-state index in [1.54, 1.807) is 0 Å². The van der Waals surface area contributed by atoms with Crippen molar-refractivity contribution in [2.24, 2.45) is 0 Å². The summed E-state index contributed by atoms with van der Waals surface area (Å²) in [7, 11) is 0. The average Bonchev–Trinajstić information content (AvgIpc) is 2.80. The summed E-state index contributed by atoms with van der Waals surface area (Å²) in [6.45, 7) is 4.48. The molecule has 0 aliphatic carbocycles. The molecule has 0 spiro atoms. The lowest BCUT2D eigenvalue weighted by Crippen LogP contribution is -2.32. The van der Waals surface area contributed by atoms with Gasteiger partial charge in [0.25, 0.3) is 0 Å². The van der Waals surface area contributed by atoms with Crippen molar-refractivity contribution in [3.63, 3.8) is 0 Å². The highest BCUT2D eigenvalue weighted by Crippen LogP contribution is 2.35. The third-order valence-electron chi connectivity index (χ3n) is 3.72. The third kappa shape index (κ3) is 3.74. The highest BCUT2D eigenvalue weighted by atomic mass is 19.4. The van der Waals surface area contributed by atoms with E-state index in [1.165, 1.54) is 6.07 Å². The fraction of sp³-hybridized carbons (Fsp3) is 0.600. The van der Waals surface area contributed by atoms with E-state index in [-0.39, 0.29) is 18.2 Å². The van der Waals surface area contributed by atoms with Crippen LogP contribution in [-0.2, 0) is 10.9 Å². The Morgan fingerprint density at radius 3 is 2.52 bits per heavy atom. The van der Waals surface area contributed by atoms with Crippen LogP contribution in [0.4, 0.5) is 17.6 Å². The molecule has 0 amide bonds. The number of nitrogens with one attached hydrogen (secondary N) is 1. The second-order valence-electron chi connectivity index (χ2n) is 5.33.